The predicted octanol–water partition coefficient (Wildman–Crippen LogP) is 12.8. The van der Waals surface area contributed by atoms with Crippen LogP contribution in [0.15, 0.2) is 255 Å². The minimum Gasteiger partial charge on any atom is -0.497 e. The Balaban J connectivity index is 0.865. The number of β-lactam (4-membered cyclic amide) rings is 1. The highest BCUT2D eigenvalue weighted by Crippen LogP contribution is 2.46. The number of amides is 2. The van der Waals surface area contributed by atoms with Crippen molar-refractivity contribution in [2.24, 2.45) is 5.16 Å². The van der Waals surface area contributed by atoms with Gasteiger partial charge in [-0.25, -0.2) is 9.78 Å². The number of thiazole rings is 1. The number of carbonyl (C=O) groups is 3. The summed E-state index contributed by atoms with van der Waals surface area (Å²) in [5, 5.41) is 13.8. The number of nitrogens with one attached hydrogen (secondary N) is 2. The van der Waals surface area contributed by atoms with Crippen LogP contribution in [0.1, 0.15) is 44.6 Å². The molecule has 13 rings (SSSR count). The van der Waals surface area contributed by atoms with Crippen LogP contribution in [0.5, 0.6) is 17.2 Å². The maximum atomic E-state index is 15.6. The van der Waals surface area contributed by atoms with Crippen molar-refractivity contribution < 1.29 is 38.2 Å². The molecule has 1 fully saturated rings. The van der Waals surface area contributed by atoms with E-state index in [4.69, 9.17) is 33.9 Å². The van der Waals surface area contributed by atoms with Crippen LogP contribution < -0.4 is 30.3 Å². The molecule has 10 aromatic rings. The molecule has 3 aliphatic rings. The van der Waals surface area contributed by atoms with Crippen molar-refractivity contribution in [3.63, 3.8) is 0 Å². The zero-order chi connectivity index (χ0) is 59.3. The van der Waals surface area contributed by atoms with E-state index in [1.54, 1.807) is 55.0 Å². The van der Waals surface area contributed by atoms with Gasteiger partial charge >= 0.3 is 5.97 Å². The molecule has 0 aliphatic carbocycles. The second-order valence-electron chi connectivity index (χ2n) is 20.5. The number of hydrogen-bond donors (Lipinski definition) is 2. The third kappa shape index (κ3) is 11.1. The summed E-state index contributed by atoms with van der Waals surface area (Å²) in [4.78, 5) is 72.2. The van der Waals surface area contributed by atoms with Crippen LogP contribution in [0.4, 0.5) is 5.13 Å². The van der Waals surface area contributed by atoms with Crippen molar-refractivity contribution in [3.05, 3.63) is 296 Å². The minimum absolute atomic E-state index is 0.0731. The normalized spacial score (nSPS) is 15.5. The molecule has 2 amide bonds. The molecule has 3 aliphatic heterocycles. The molecule has 14 nitrogen and oxygen atoms in total. The first-order valence-corrected chi connectivity index (χ1v) is 31.5. The Hall–Kier alpha value is -9.46. The number of ether oxygens (including phenoxy) is 4. The quantitative estimate of drug-likeness (QED) is 0.0185. The van der Waals surface area contributed by atoms with Gasteiger partial charge in [0, 0.05) is 55.8 Å². The van der Waals surface area contributed by atoms with E-state index in [0.29, 0.717) is 48.9 Å². The minimum atomic E-state index is -1.40. The van der Waals surface area contributed by atoms with Crippen molar-refractivity contribution in [3.8, 4) is 17.2 Å². The average Bonchev–Trinajstić information content (AvgIpc) is 1.49. The van der Waals surface area contributed by atoms with Crippen LogP contribution in [-0.4, -0.2) is 70.2 Å². The first-order chi connectivity index (χ1) is 42.7. The van der Waals surface area contributed by atoms with Gasteiger partial charge in [-0.2, -0.15) is 0 Å². The number of methoxy groups -OCH3 is 1. The number of aromatic nitrogens is 1. The molecule has 2 N–H and O–H groups in total. The molecule has 5 heterocycles. The van der Waals surface area contributed by atoms with E-state index in [2.05, 4.69) is 47.0 Å². The summed E-state index contributed by atoms with van der Waals surface area (Å²) in [6.07, 6.45) is 0. The smallest absolute Gasteiger partial charge is 0.355 e. The maximum absolute atomic E-state index is 15.6. The summed E-state index contributed by atoms with van der Waals surface area (Å²) in [6, 6.07) is 70.5. The lowest BCUT2D eigenvalue weighted by molar-refractivity contribution is -0.153. The fourth-order valence-electron chi connectivity index (χ4n) is 11.1. The van der Waals surface area contributed by atoms with Crippen molar-refractivity contribution in [1.82, 2.24) is 15.2 Å². The standard InChI is InChI=1S/C69H53N5O9S4/c1-79-52-34-32-44(33-35-52)39-80-66(78)62-45(40-84-59-37-55(75)53-36-56-57(82-43-81-56)38-58(53)87-59)41-85-65-61(64(77)74(62)65)71-63(76)60(73-83-69(49-26-14-5-15-27-49,50-28-16-6-17-29-50)51-30-18-7-19-31-51)54-42-86-67(70-54)72-68(46-20-8-2-9-21-46,47-22-10-3-11-23-47)48-24-12-4-13-25-48/h2-38,42,61,65H,39-41,43H2,1H3,(H,70,72)(H,71,76)/b73-60-/t61?,65-/m0/s1. The van der Waals surface area contributed by atoms with E-state index in [9.17, 15) is 14.4 Å². The van der Waals surface area contributed by atoms with Crippen LogP contribution >= 0.6 is 46.2 Å². The van der Waals surface area contributed by atoms with Crippen molar-refractivity contribution in [1.29, 1.82) is 0 Å². The van der Waals surface area contributed by atoms with E-state index in [0.717, 1.165) is 38.1 Å². The van der Waals surface area contributed by atoms with E-state index < -0.39 is 40.3 Å². The van der Waals surface area contributed by atoms with Crippen LogP contribution in [0.2, 0.25) is 0 Å². The van der Waals surface area contributed by atoms with E-state index in [1.165, 1.54) is 51.1 Å². The topological polar surface area (TPSA) is 167 Å². The lowest BCUT2D eigenvalue weighted by Gasteiger charge is -2.49. The van der Waals surface area contributed by atoms with Gasteiger partial charge in [0.2, 0.25) is 12.4 Å². The Bertz CT molecular complexity index is 4080. The summed E-state index contributed by atoms with van der Waals surface area (Å²) in [5.41, 5.74) is 3.91. The average molecular weight is 1220 g/mol. The Kier molecular flexibility index (Phi) is 16.2. The van der Waals surface area contributed by atoms with Gasteiger partial charge in [-0.15, -0.1) is 46.2 Å². The SMILES string of the molecule is COc1ccc(COC(=O)C2=C(CSc3cc(=O)c4cc5c(cc4s3)OCO5)CS[C@H]3C(NC(=O)/C(=N\OC(c4ccccc4)(c4ccccc4)c4ccccc4)c4csc(NC(c5ccccc5)(c5ccccc5)c5ccccc5)n4)C(=O)N23)cc1. The molecule has 2 aromatic heterocycles. The van der Waals surface area contributed by atoms with Crippen molar-refractivity contribution in [2.75, 3.05) is 30.7 Å². The van der Waals surface area contributed by atoms with Gasteiger partial charge in [0.25, 0.3) is 11.8 Å². The largest absolute Gasteiger partial charge is 0.497 e. The van der Waals surface area contributed by atoms with Crippen LogP contribution in [-0.2, 0) is 41.7 Å². The molecular formula is C69H53N5O9S4. The number of fused-ring (bicyclic) bond motifs is 3. The van der Waals surface area contributed by atoms with Gasteiger partial charge in [0.05, 0.1) is 11.3 Å². The van der Waals surface area contributed by atoms with E-state index in [-0.39, 0.29) is 41.7 Å². The highest BCUT2D eigenvalue weighted by molar-refractivity contribution is 8.02. The third-order valence-electron chi connectivity index (χ3n) is 15.3. The zero-order valence-corrected chi connectivity index (χ0v) is 49.8. The second-order valence-corrected chi connectivity index (χ2v) is 24.8. The molecule has 0 saturated carbocycles. The van der Waals surface area contributed by atoms with Gasteiger partial charge in [0.15, 0.2) is 27.8 Å². The summed E-state index contributed by atoms with van der Waals surface area (Å²) >= 11 is 5.49. The first-order valence-electron chi connectivity index (χ1n) is 27.8. The number of rotatable bonds is 20. The molecule has 8 aromatic carbocycles. The summed E-state index contributed by atoms with van der Waals surface area (Å²) in [5.74, 6) is 0.291. The highest BCUT2D eigenvalue weighted by atomic mass is 32.2. The van der Waals surface area contributed by atoms with E-state index >= 15 is 4.79 Å². The summed E-state index contributed by atoms with van der Waals surface area (Å²) < 4.78 is 23.9. The number of hydrogen-bond acceptors (Lipinski definition) is 16. The lowest BCUT2D eigenvalue weighted by Crippen LogP contribution is -2.71. The molecule has 0 radical (unpaired) electrons. The maximum Gasteiger partial charge on any atom is 0.355 e. The Morgan fingerprint density at radius 1 is 0.701 bits per heavy atom. The van der Waals surface area contributed by atoms with Gasteiger partial charge in [0.1, 0.15) is 40.7 Å². The Morgan fingerprint density at radius 2 is 1.24 bits per heavy atom. The van der Waals surface area contributed by atoms with Gasteiger partial charge in [-0.3, -0.25) is 19.3 Å². The Morgan fingerprint density at radius 3 is 1.79 bits per heavy atom. The predicted molar refractivity (Wildman–Crippen MR) is 342 cm³/mol. The fraction of sp³-hybridized carbons (Fsp3) is 0.130. The lowest BCUT2D eigenvalue weighted by atomic mass is 9.77. The van der Waals surface area contributed by atoms with Gasteiger partial charge < -0.3 is 34.4 Å². The van der Waals surface area contributed by atoms with Gasteiger partial charge in [-0.1, -0.05) is 199 Å². The molecule has 1 saturated heterocycles. The molecule has 2 atom stereocenters. The molecule has 432 valence electrons. The number of anilines is 1. The fourth-order valence-corrected chi connectivity index (χ4v) is 15.5. The third-order valence-corrected chi connectivity index (χ3v) is 19.8. The molecule has 18 heteroatoms. The monoisotopic (exact) mass is 1220 g/mol. The summed E-state index contributed by atoms with van der Waals surface area (Å²) in [7, 11) is 1.57. The van der Waals surface area contributed by atoms with Crippen LogP contribution in [0, 0.1) is 0 Å². The van der Waals surface area contributed by atoms with Gasteiger partial charge in [-0.05, 0) is 46.0 Å². The molecular weight excluding hydrogens is 1170 g/mol. The number of esters is 1. The molecule has 1 unspecified atom stereocenters. The van der Waals surface area contributed by atoms with E-state index in [1.807, 2.05) is 146 Å². The molecule has 87 heavy (non-hydrogen) atoms. The van der Waals surface area contributed by atoms with Crippen molar-refractivity contribution in [2.45, 2.75) is 33.4 Å². The number of benzene rings is 8. The molecule has 0 bridgehead atoms. The highest BCUT2D eigenvalue weighted by Gasteiger charge is 2.55. The molecule has 0 spiro atoms. The number of nitrogens with zero attached hydrogens (tertiary/aromatic N) is 3. The van der Waals surface area contributed by atoms with Crippen LogP contribution in [0.25, 0.3) is 10.1 Å². The zero-order valence-electron chi connectivity index (χ0n) is 46.6. The first kappa shape index (κ1) is 56.7. The van der Waals surface area contributed by atoms with Crippen molar-refractivity contribution >= 4 is 84.9 Å². The summed E-state index contributed by atoms with van der Waals surface area (Å²) in [6.45, 7) is -0.0112. The number of carbonyl (C=O) groups excluding carboxylic acids is 3. The number of oxime groups is 1. The van der Waals surface area contributed by atoms with Crippen LogP contribution in [0.3, 0.4) is 0 Å². The second kappa shape index (κ2) is 24.9. The Labute approximate surface area is 517 Å². The number of thioether (sulfide) groups is 2.